The maximum absolute atomic E-state index is 6.00. The molecule has 2 unspecified atom stereocenters. The summed E-state index contributed by atoms with van der Waals surface area (Å²) in [5.74, 6) is 0.463. The van der Waals surface area contributed by atoms with Crippen molar-refractivity contribution in [3.63, 3.8) is 0 Å². The van der Waals surface area contributed by atoms with Crippen molar-refractivity contribution in [1.82, 2.24) is 0 Å². The molecule has 1 saturated carbocycles. The number of ether oxygens (including phenoxy) is 1. The Hall–Kier alpha value is -0.820. The number of halogens is 1. The van der Waals surface area contributed by atoms with E-state index in [2.05, 4.69) is 38.0 Å². The molecule has 0 amide bonds. The van der Waals surface area contributed by atoms with Crippen LogP contribution in [0.4, 0.5) is 5.69 Å². The van der Waals surface area contributed by atoms with Gasteiger partial charge in [0.05, 0.1) is 11.6 Å². The van der Waals surface area contributed by atoms with Crippen molar-refractivity contribution >= 4 is 35.6 Å². The second-order valence-electron chi connectivity index (χ2n) is 6.38. The van der Waals surface area contributed by atoms with E-state index in [1.54, 1.807) is 7.11 Å². The highest BCUT2D eigenvalue weighted by Gasteiger charge is 2.58. The lowest BCUT2D eigenvalue weighted by molar-refractivity contribution is -0.171. The van der Waals surface area contributed by atoms with E-state index in [-0.39, 0.29) is 41.0 Å². The molecular formula is C16H26IN3O. The zero-order chi connectivity index (χ0) is 15.0. The molecular weight excluding hydrogens is 377 g/mol. The molecule has 0 aromatic heterocycles. The van der Waals surface area contributed by atoms with Crippen LogP contribution >= 0.6 is 24.0 Å². The molecule has 0 radical (unpaired) electrons. The molecule has 0 aliphatic heterocycles. The van der Waals surface area contributed by atoms with Crippen LogP contribution in [0.1, 0.15) is 32.8 Å². The van der Waals surface area contributed by atoms with Gasteiger partial charge in [-0.2, -0.15) is 0 Å². The van der Waals surface area contributed by atoms with Crippen LogP contribution < -0.4 is 11.1 Å². The van der Waals surface area contributed by atoms with Crippen LogP contribution in [0.5, 0.6) is 0 Å². The maximum atomic E-state index is 6.00. The number of benzene rings is 1. The first-order valence-electron chi connectivity index (χ1n) is 7.00. The molecule has 1 aliphatic rings. The summed E-state index contributed by atoms with van der Waals surface area (Å²) in [6, 6.07) is 8.28. The Morgan fingerprint density at radius 2 is 1.86 bits per heavy atom. The van der Waals surface area contributed by atoms with Crippen LogP contribution in [-0.4, -0.2) is 24.7 Å². The molecule has 0 spiro atoms. The molecule has 4 nitrogen and oxygen atoms in total. The van der Waals surface area contributed by atoms with E-state index in [0.717, 1.165) is 12.1 Å². The van der Waals surface area contributed by atoms with Gasteiger partial charge in [-0.25, -0.2) is 4.99 Å². The number of methoxy groups -OCH3 is 1. The molecule has 2 atom stereocenters. The van der Waals surface area contributed by atoms with Gasteiger partial charge in [0.1, 0.15) is 0 Å². The molecule has 3 N–H and O–H groups in total. The molecule has 0 saturated heterocycles. The number of hydrogen-bond donors (Lipinski definition) is 2. The highest BCUT2D eigenvalue weighted by atomic mass is 127. The van der Waals surface area contributed by atoms with Crippen molar-refractivity contribution < 1.29 is 4.74 Å². The molecule has 5 heteroatoms. The van der Waals surface area contributed by atoms with Crippen molar-refractivity contribution in [2.24, 2.45) is 16.1 Å². The summed E-state index contributed by atoms with van der Waals surface area (Å²) in [5, 5.41) is 3.14. The van der Waals surface area contributed by atoms with E-state index in [1.807, 2.05) is 24.3 Å². The number of nitrogens with two attached hydrogens (primary N) is 1. The Bertz CT molecular complexity index is 513. The summed E-state index contributed by atoms with van der Waals surface area (Å²) in [6.45, 7) is 8.53. The fourth-order valence-corrected chi connectivity index (χ4v) is 2.65. The molecule has 1 aliphatic carbocycles. The minimum absolute atomic E-state index is 0. The highest BCUT2D eigenvalue weighted by Crippen LogP contribution is 2.53. The van der Waals surface area contributed by atoms with Crippen molar-refractivity contribution in [2.75, 3.05) is 12.4 Å². The van der Waals surface area contributed by atoms with Gasteiger partial charge in [-0.3, -0.25) is 0 Å². The molecule has 2 rings (SSSR count). The lowest BCUT2D eigenvalue weighted by Gasteiger charge is -2.57. The Kier molecular flexibility index (Phi) is 5.66. The zero-order valence-corrected chi connectivity index (χ0v) is 15.8. The van der Waals surface area contributed by atoms with E-state index in [0.29, 0.717) is 5.96 Å². The Morgan fingerprint density at radius 3 is 2.33 bits per heavy atom. The minimum atomic E-state index is -0.120. The van der Waals surface area contributed by atoms with Gasteiger partial charge in [-0.15, -0.1) is 24.0 Å². The summed E-state index contributed by atoms with van der Waals surface area (Å²) in [7, 11) is 1.76. The standard InChI is InChI=1S/C16H25N3O.HI/c1-11-6-8-12(9-7-11)18-14(17)19-13-10-16(4,20-5)15(13,2)3;/h6-9,13H,10H2,1-5H3,(H3,17,18,19);1H. The number of nitrogens with one attached hydrogen (secondary N) is 1. The SMILES string of the molecule is COC1(C)CC(N=C(N)Nc2ccc(C)cc2)C1(C)C.I. The monoisotopic (exact) mass is 403 g/mol. The first kappa shape index (κ1) is 18.2. The van der Waals surface area contributed by atoms with Gasteiger partial charge in [-0.1, -0.05) is 31.5 Å². The second-order valence-corrected chi connectivity index (χ2v) is 6.38. The van der Waals surface area contributed by atoms with Crippen molar-refractivity contribution in [3.8, 4) is 0 Å². The fraction of sp³-hybridized carbons (Fsp3) is 0.562. The Balaban J connectivity index is 0.00000220. The first-order valence-corrected chi connectivity index (χ1v) is 7.00. The van der Waals surface area contributed by atoms with Crippen LogP contribution in [0.15, 0.2) is 29.3 Å². The quantitative estimate of drug-likeness (QED) is 0.461. The molecule has 0 bridgehead atoms. The van der Waals surface area contributed by atoms with Crippen LogP contribution in [0.2, 0.25) is 0 Å². The van der Waals surface area contributed by atoms with Crippen LogP contribution in [0, 0.1) is 12.3 Å². The summed E-state index contributed by atoms with van der Waals surface area (Å²) < 4.78 is 5.60. The van der Waals surface area contributed by atoms with Crippen molar-refractivity contribution in [3.05, 3.63) is 29.8 Å². The number of hydrogen-bond acceptors (Lipinski definition) is 2. The number of nitrogens with zero attached hydrogens (tertiary/aromatic N) is 1. The molecule has 0 heterocycles. The predicted molar refractivity (Wildman–Crippen MR) is 99.4 cm³/mol. The first-order chi connectivity index (χ1) is 9.28. The fourth-order valence-electron chi connectivity index (χ4n) is 2.65. The van der Waals surface area contributed by atoms with E-state index in [1.165, 1.54) is 5.56 Å². The van der Waals surface area contributed by atoms with Gasteiger partial charge in [0.2, 0.25) is 0 Å². The normalized spacial score (nSPS) is 27.5. The number of aryl methyl sites for hydroxylation is 1. The molecule has 118 valence electrons. The van der Waals surface area contributed by atoms with Gasteiger partial charge >= 0.3 is 0 Å². The third kappa shape index (κ3) is 3.51. The zero-order valence-electron chi connectivity index (χ0n) is 13.4. The van der Waals surface area contributed by atoms with E-state index in [4.69, 9.17) is 10.5 Å². The van der Waals surface area contributed by atoms with E-state index < -0.39 is 0 Å². The summed E-state index contributed by atoms with van der Waals surface area (Å²) in [5.41, 5.74) is 8.06. The van der Waals surface area contributed by atoms with Crippen LogP contribution in [0.3, 0.4) is 0 Å². The Morgan fingerprint density at radius 1 is 1.29 bits per heavy atom. The van der Waals surface area contributed by atoms with Gasteiger partial charge in [0, 0.05) is 18.2 Å². The van der Waals surface area contributed by atoms with E-state index >= 15 is 0 Å². The van der Waals surface area contributed by atoms with Crippen molar-refractivity contribution in [1.29, 1.82) is 0 Å². The molecule has 1 aromatic carbocycles. The van der Waals surface area contributed by atoms with Gasteiger partial charge in [-0.05, 0) is 32.4 Å². The van der Waals surface area contributed by atoms with Crippen molar-refractivity contribution in [2.45, 2.75) is 45.8 Å². The van der Waals surface area contributed by atoms with Crippen LogP contribution in [0.25, 0.3) is 0 Å². The molecule has 21 heavy (non-hydrogen) atoms. The summed E-state index contributed by atoms with van der Waals surface area (Å²) in [4.78, 5) is 4.60. The van der Waals surface area contributed by atoms with Gasteiger partial charge in [0.25, 0.3) is 0 Å². The largest absolute Gasteiger partial charge is 0.378 e. The van der Waals surface area contributed by atoms with E-state index in [9.17, 15) is 0 Å². The van der Waals surface area contributed by atoms with Crippen LogP contribution in [-0.2, 0) is 4.74 Å². The van der Waals surface area contributed by atoms with Gasteiger partial charge in [0.15, 0.2) is 5.96 Å². The third-order valence-corrected chi connectivity index (χ3v) is 4.85. The molecule has 1 aromatic rings. The number of rotatable bonds is 3. The number of aliphatic imine (C=N–C) groups is 1. The highest BCUT2D eigenvalue weighted by molar-refractivity contribution is 14.0. The second kappa shape index (κ2) is 6.52. The lowest BCUT2D eigenvalue weighted by Crippen LogP contribution is -2.62. The smallest absolute Gasteiger partial charge is 0.193 e. The lowest BCUT2D eigenvalue weighted by atomic mass is 9.56. The van der Waals surface area contributed by atoms with Gasteiger partial charge < -0.3 is 15.8 Å². The summed E-state index contributed by atoms with van der Waals surface area (Å²) in [6.07, 6.45) is 0.896. The average molecular weight is 403 g/mol. The summed E-state index contributed by atoms with van der Waals surface area (Å²) >= 11 is 0. The molecule has 1 fully saturated rings. The topological polar surface area (TPSA) is 59.6 Å². The maximum Gasteiger partial charge on any atom is 0.193 e. The predicted octanol–water partition coefficient (Wildman–Crippen LogP) is 3.54. The average Bonchev–Trinajstić information content (AvgIpc) is 2.40. The third-order valence-electron chi connectivity index (χ3n) is 4.85. The number of anilines is 1. The number of guanidine groups is 1. The Labute approximate surface area is 144 Å². The minimum Gasteiger partial charge on any atom is -0.378 e.